The highest BCUT2D eigenvalue weighted by Crippen LogP contribution is 2.23. The minimum atomic E-state index is 0.976. The molecule has 0 aliphatic heterocycles. The summed E-state index contributed by atoms with van der Waals surface area (Å²) in [4.78, 5) is 9.00. The van der Waals surface area contributed by atoms with E-state index in [0.717, 1.165) is 30.5 Å². The Morgan fingerprint density at radius 1 is 0.800 bits per heavy atom. The van der Waals surface area contributed by atoms with Crippen molar-refractivity contribution in [3.63, 3.8) is 0 Å². The van der Waals surface area contributed by atoms with Crippen molar-refractivity contribution in [2.45, 2.75) is 25.8 Å². The normalized spacial score (nSPS) is 11.2. The van der Waals surface area contributed by atoms with Gasteiger partial charge in [0.2, 0.25) is 0 Å². The van der Waals surface area contributed by atoms with Crippen LogP contribution in [0.3, 0.4) is 0 Å². The van der Waals surface area contributed by atoms with Gasteiger partial charge in [0.15, 0.2) is 0 Å². The summed E-state index contributed by atoms with van der Waals surface area (Å²) in [6.07, 6.45) is 7.34. The Balaban J connectivity index is 1.35. The highest BCUT2D eigenvalue weighted by molar-refractivity contribution is 6.01. The molecule has 0 aliphatic rings. The molecule has 0 amide bonds. The molecule has 0 saturated carbocycles. The van der Waals surface area contributed by atoms with E-state index in [-0.39, 0.29) is 0 Å². The van der Waals surface area contributed by atoms with Crippen molar-refractivity contribution in [3.05, 3.63) is 67.1 Å². The molecule has 4 rings (SSSR count). The maximum atomic E-state index is 4.51. The monoisotopic (exact) mass is 330 g/mol. The van der Waals surface area contributed by atoms with Gasteiger partial charge in [-0.1, -0.05) is 36.4 Å². The molecule has 0 unspecified atom stereocenters. The number of rotatable bonds is 7. The molecule has 0 radical (unpaired) electrons. The van der Waals surface area contributed by atoms with E-state index < -0.39 is 0 Å². The zero-order valence-electron chi connectivity index (χ0n) is 14.2. The summed E-state index contributed by atoms with van der Waals surface area (Å²) in [6.45, 7) is 2.01. The number of nitrogens with zero attached hydrogens (tertiary/aromatic N) is 3. The largest absolute Gasteiger partial charge is 0.385 e. The van der Waals surface area contributed by atoms with Gasteiger partial charge in [0.25, 0.3) is 0 Å². The fraction of sp³-hybridized carbons (Fsp3) is 0.238. The minimum Gasteiger partial charge on any atom is -0.385 e. The second-order valence-electron chi connectivity index (χ2n) is 6.30. The van der Waals surface area contributed by atoms with Gasteiger partial charge in [-0.15, -0.1) is 0 Å². The number of aromatic nitrogens is 3. The quantitative estimate of drug-likeness (QED) is 0.492. The van der Waals surface area contributed by atoms with E-state index in [9.17, 15) is 0 Å². The first-order valence-electron chi connectivity index (χ1n) is 8.89. The van der Waals surface area contributed by atoms with E-state index in [2.05, 4.69) is 62.3 Å². The van der Waals surface area contributed by atoms with Crippen LogP contribution < -0.4 is 5.32 Å². The molecule has 4 nitrogen and oxygen atoms in total. The molecule has 2 heterocycles. The lowest BCUT2D eigenvalue weighted by Crippen LogP contribution is -2.02. The second-order valence-corrected chi connectivity index (χ2v) is 6.30. The molecular weight excluding hydrogens is 308 g/mol. The zero-order chi connectivity index (χ0) is 16.9. The van der Waals surface area contributed by atoms with Crippen LogP contribution in [0, 0.1) is 0 Å². The number of benzene rings is 2. The first-order chi connectivity index (χ1) is 12.4. The summed E-state index contributed by atoms with van der Waals surface area (Å²) in [7, 11) is 0. The molecule has 0 fully saturated rings. The number of hydrogen-bond donors (Lipinski definition) is 1. The van der Waals surface area contributed by atoms with E-state index in [1.165, 1.54) is 29.4 Å². The second kappa shape index (κ2) is 7.34. The van der Waals surface area contributed by atoms with Crippen LogP contribution in [0.5, 0.6) is 0 Å². The lowest BCUT2D eigenvalue weighted by atomic mass is 10.2. The molecule has 0 aliphatic carbocycles. The zero-order valence-corrected chi connectivity index (χ0v) is 14.2. The Morgan fingerprint density at radius 3 is 2.56 bits per heavy atom. The van der Waals surface area contributed by atoms with Gasteiger partial charge in [-0.2, -0.15) is 0 Å². The standard InChI is InChI=1S/C21H22N4/c1-3-9-17(10-4-1)22-13-7-2-8-14-25-16-24-20-15-23-19-12-6-5-11-18(19)21(20)25/h1,3-6,9-12,15-16,22H,2,7-8,13-14H2. The summed E-state index contributed by atoms with van der Waals surface area (Å²) in [5.74, 6) is 0. The summed E-state index contributed by atoms with van der Waals surface area (Å²) >= 11 is 0. The molecule has 2 aromatic heterocycles. The smallest absolute Gasteiger partial charge is 0.107 e. The maximum Gasteiger partial charge on any atom is 0.107 e. The van der Waals surface area contributed by atoms with E-state index in [4.69, 9.17) is 0 Å². The molecule has 1 N–H and O–H groups in total. The SMILES string of the molecule is c1ccc(NCCCCCn2cnc3cnc4ccccc4c32)cc1. The van der Waals surface area contributed by atoms with Crippen LogP contribution in [0.15, 0.2) is 67.1 Å². The van der Waals surface area contributed by atoms with Crippen molar-refractivity contribution in [1.82, 2.24) is 14.5 Å². The fourth-order valence-corrected chi connectivity index (χ4v) is 3.24. The fourth-order valence-electron chi connectivity index (χ4n) is 3.24. The van der Waals surface area contributed by atoms with E-state index in [1.807, 2.05) is 24.7 Å². The number of nitrogens with one attached hydrogen (secondary N) is 1. The van der Waals surface area contributed by atoms with E-state index in [1.54, 1.807) is 0 Å². The van der Waals surface area contributed by atoms with Crippen molar-refractivity contribution < 1.29 is 0 Å². The van der Waals surface area contributed by atoms with Crippen molar-refractivity contribution in [2.75, 3.05) is 11.9 Å². The van der Waals surface area contributed by atoms with Crippen LogP contribution >= 0.6 is 0 Å². The third-order valence-corrected chi connectivity index (χ3v) is 4.53. The lowest BCUT2D eigenvalue weighted by Gasteiger charge is -2.08. The highest BCUT2D eigenvalue weighted by Gasteiger charge is 2.07. The number of imidazole rings is 1. The lowest BCUT2D eigenvalue weighted by molar-refractivity contribution is 0.606. The summed E-state index contributed by atoms with van der Waals surface area (Å²) in [6, 6.07) is 18.7. The van der Waals surface area contributed by atoms with Crippen LogP contribution in [0.2, 0.25) is 0 Å². The molecule has 0 atom stereocenters. The van der Waals surface area contributed by atoms with E-state index in [0.29, 0.717) is 0 Å². The van der Waals surface area contributed by atoms with Gasteiger partial charge in [0, 0.05) is 24.2 Å². The molecular formula is C21H22N4. The Morgan fingerprint density at radius 2 is 1.64 bits per heavy atom. The van der Waals surface area contributed by atoms with Crippen molar-refractivity contribution in [2.24, 2.45) is 0 Å². The first-order valence-corrected chi connectivity index (χ1v) is 8.89. The van der Waals surface area contributed by atoms with E-state index >= 15 is 0 Å². The number of anilines is 1. The molecule has 4 aromatic rings. The molecule has 0 saturated heterocycles. The van der Waals surface area contributed by atoms with Gasteiger partial charge in [-0.3, -0.25) is 4.98 Å². The first kappa shape index (κ1) is 15.6. The van der Waals surface area contributed by atoms with Crippen LogP contribution in [-0.4, -0.2) is 21.1 Å². The predicted molar refractivity (Wildman–Crippen MR) is 104 cm³/mol. The van der Waals surface area contributed by atoms with Gasteiger partial charge in [-0.05, 0) is 37.5 Å². The van der Waals surface area contributed by atoms with Gasteiger partial charge in [0.05, 0.1) is 23.6 Å². The number of para-hydroxylation sites is 2. The number of hydrogen-bond acceptors (Lipinski definition) is 3. The third kappa shape index (κ3) is 3.48. The number of unbranched alkanes of at least 4 members (excludes halogenated alkanes) is 2. The molecule has 0 bridgehead atoms. The Kier molecular flexibility index (Phi) is 4.59. The van der Waals surface area contributed by atoms with Crippen LogP contribution in [0.25, 0.3) is 21.9 Å². The van der Waals surface area contributed by atoms with Crippen molar-refractivity contribution >= 4 is 27.6 Å². The predicted octanol–water partition coefficient (Wildman–Crippen LogP) is 4.87. The van der Waals surface area contributed by atoms with Crippen molar-refractivity contribution in [1.29, 1.82) is 0 Å². The molecule has 2 aromatic carbocycles. The third-order valence-electron chi connectivity index (χ3n) is 4.53. The van der Waals surface area contributed by atoms with Gasteiger partial charge < -0.3 is 9.88 Å². The minimum absolute atomic E-state index is 0.976. The number of pyridine rings is 1. The van der Waals surface area contributed by atoms with Crippen LogP contribution in [-0.2, 0) is 6.54 Å². The number of aryl methyl sites for hydroxylation is 1. The Bertz CT molecular complexity index is 959. The van der Waals surface area contributed by atoms with Gasteiger partial charge in [-0.25, -0.2) is 4.98 Å². The van der Waals surface area contributed by atoms with Crippen molar-refractivity contribution in [3.8, 4) is 0 Å². The number of fused-ring (bicyclic) bond motifs is 3. The topological polar surface area (TPSA) is 42.7 Å². The highest BCUT2D eigenvalue weighted by atomic mass is 15.0. The molecule has 4 heteroatoms. The summed E-state index contributed by atoms with van der Waals surface area (Å²) in [5, 5.41) is 4.65. The summed E-state index contributed by atoms with van der Waals surface area (Å²) < 4.78 is 2.27. The Hall–Kier alpha value is -2.88. The average molecular weight is 330 g/mol. The van der Waals surface area contributed by atoms with Crippen LogP contribution in [0.4, 0.5) is 5.69 Å². The summed E-state index contributed by atoms with van der Waals surface area (Å²) in [5.41, 5.74) is 4.41. The van der Waals surface area contributed by atoms with Gasteiger partial charge in [0.1, 0.15) is 5.52 Å². The average Bonchev–Trinajstić information content (AvgIpc) is 3.09. The molecule has 126 valence electrons. The molecule has 25 heavy (non-hydrogen) atoms. The molecule has 0 spiro atoms. The maximum absolute atomic E-state index is 4.51. The Labute approximate surface area is 147 Å². The van der Waals surface area contributed by atoms with Crippen LogP contribution in [0.1, 0.15) is 19.3 Å². The van der Waals surface area contributed by atoms with Gasteiger partial charge >= 0.3 is 0 Å².